The third kappa shape index (κ3) is 8.42. The third-order valence-corrected chi connectivity index (χ3v) is 8.35. The van der Waals surface area contributed by atoms with Crippen LogP contribution in [0.25, 0.3) is 0 Å². The number of aliphatic hydroxyl groups excluding tert-OH is 1. The van der Waals surface area contributed by atoms with E-state index < -0.39 is 28.3 Å². The van der Waals surface area contributed by atoms with Crippen LogP contribution in [0.1, 0.15) is 30.1 Å². The predicted molar refractivity (Wildman–Crippen MR) is 147 cm³/mol. The number of benzene rings is 2. The molecule has 2 atom stereocenters. The van der Waals surface area contributed by atoms with Crippen molar-refractivity contribution < 1.29 is 28.2 Å². The summed E-state index contributed by atoms with van der Waals surface area (Å²) >= 11 is 1.55. The first-order chi connectivity index (χ1) is 17.9. The maximum Gasteiger partial charge on any atom is 0.404 e. The smallest absolute Gasteiger partial charge is 0.404 e. The third-order valence-electron chi connectivity index (χ3n) is 5.68. The highest BCUT2D eigenvalue weighted by molar-refractivity contribution is 7.89. The maximum atomic E-state index is 13.3. The largest absolute Gasteiger partial charge is 0.487 e. The van der Waals surface area contributed by atoms with Crippen LogP contribution >= 0.6 is 11.3 Å². The van der Waals surface area contributed by atoms with Crippen LogP contribution in [0, 0.1) is 12.8 Å². The molecule has 0 spiro atoms. The lowest BCUT2D eigenvalue weighted by molar-refractivity contribution is 0.0980. The van der Waals surface area contributed by atoms with Gasteiger partial charge in [-0.15, -0.1) is 11.3 Å². The predicted octanol–water partition coefficient (Wildman–Crippen LogP) is 3.50. The van der Waals surface area contributed by atoms with Gasteiger partial charge >= 0.3 is 6.09 Å². The first-order valence-corrected chi connectivity index (χ1v) is 14.4. The minimum atomic E-state index is -3.95. The molecule has 3 rings (SSSR count). The molecule has 0 aliphatic carbocycles. The number of nitrogens with one attached hydrogen (secondary N) is 1. The van der Waals surface area contributed by atoms with Gasteiger partial charge in [-0.3, -0.25) is 0 Å². The monoisotopic (exact) mass is 562 g/mol. The first kappa shape index (κ1) is 29.4. The summed E-state index contributed by atoms with van der Waals surface area (Å²) in [5.74, 6) is 0.595. The fourth-order valence-corrected chi connectivity index (χ4v) is 6.07. The Bertz CT molecular complexity index is 1290. The number of anilines is 1. The standard InChI is InChI=1S/C26H34N4O6S2/c1-17(2)13-30(38(34,35)23-10-6-20(27)7-11-23)14-25(31)24(29-26(32)33)12-19-4-8-22(9-5-19)36-15-21-16-37-18(3)28-21/h4-11,16-17,24-25,29,31H,12-15,27H2,1-3H3,(H,32,33)/t24-,25-/m0/s1. The van der Waals surface area contributed by atoms with E-state index in [4.69, 9.17) is 10.5 Å². The highest BCUT2D eigenvalue weighted by Crippen LogP contribution is 2.21. The topological polar surface area (TPSA) is 155 Å². The molecule has 0 aliphatic heterocycles. The normalized spacial score (nSPS) is 13.4. The average Bonchev–Trinajstić information content (AvgIpc) is 3.27. The molecule has 12 heteroatoms. The van der Waals surface area contributed by atoms with E-state index in [1.807, 2.05) is 26.2 Å². The Morgan fingerprint density at radius 3 is 2.34 bits per heavy atom. The summed E-state index contributed by atoms with van der Waals surface area (Å²) in [5, 5.41) is 25.7. The second kappa shape index (κ2) is 13.1. The van der Waals surface area contributed by atoms with Crippen LogP contribution in [0.5, 0.6) is 5.75 Å². The molecule has 38 heavy (non-hydrogen) atoms. The minimum absolute atomic E-state index is 0.0302. The summed E-state index contributed by atoms with van der Waals surface area (Å²) < 4.78 is 33.6. The molecule has 10 nitrogen and oxygen atoms in total. The zero-order valence-corrected chi connectivity index (χ0v) is 23.2. The molecule has 206 valence electrons. The van der Waals surface area contributed by atoms with Crippen molar-refractivity contribution in [3.63, 3.8) is 0 Å². The summed E-state index contributed by atoms with van der Waals surface area (Å²) in [6, 6.07) is 11.9. The van der Waals surface area contributed by atoms with Gasteiger partial charge in [0.05, 0.1) is 27.7 Å². The van der Waals surface area contributed by atoms with Crippen molar-refractivity contribution in [2.24, 2.45) is 5.92 Å². The van der Waals surface area contributed by atoms with Gasteiger partial charge in [0.1, 0.15) is 12.4 Å². The van der Waals surface area contributed by atoms with Gasteiger partial charge in [0.25, 0.3) is 0 Å². The molecule has 0 unspecified atom stereocenters. The second-order valence-corrected chi connectivity index (χ2v) is 12.4. The molecule has 2 aromatic carbocycles. The highest BCUT2D eigenvalue weighted by atomic mass is 32.2. The summed E-state index contributed by atoms with van der Waals surface area (Å²) in [7, 11) is -3.95. The lowest BCUT2D eigenvalue weighted by Crippen LogP contribution is -2.50. The molecule has 0 saturated carbocycles. The number of nitrogens with zero attached hydrogens (tertiary/aromatic N) is 2. The van der Waals surface area contributed by atoms with E-state index in [1.54, 1.807) is 35.6 Å². The van der Waals surface area contributed by atoms with E-state index in [0.29, 0.717) is 18.0 Å². The number of sulfonamides is 1. The van der Waals surface area contributed by atoms with E-state index in [1.165, 1.54) is 28.6 Å². The minimum Gasteiger partial charge on any atom is -0.487 e. The number of hydrogen-bond acceptors (Lipinski definition) is 8. The molecule has 0 radical (unpaired) electrons. The molecule has 0 aliphatic rings. The zero-order valence-electron chi connectivity index (χ0n) is 21.6. The molecule has 1 amide bonds. The number of rotatable bonds is 13. The summed E-state index contributed by atoms with van der Waals surface area (Å²) in [6.07, 6.45) is -2.47. The Morgan fingerprint density at radius 2 is 1.79 bits per heavy atom. The lowest BCUT2D eigenvalue weighted by atomic mass is 10.0. The van der Waals surface area contributed by atoms with Crippen molar-refractivity contribution in [1.82, 2.24) is 14.6 Å². The van der Waals surface area contributed by atoms with Crippen molar-refractivity contribution in [2.45, 2.75) is 50.8 Å². The van der Waals surface area contributed by atoms with Crippen molar-refractivity contribution >= 4 is 33.1 Å². The van der Waals surface area contributed by atoms with Crippen molar-refractivity contribution in [1.29, 1.82) is 0 Å². The molecular formula is C26H34N4O6S2. The number of carboxylic acid groups (broad SMARTS) is 1. The number of thiazole rings is 1. The molecule has 0 fully saturated rings. The number of carbonyl (C=O) groups is 1. The van der Waals surface area contributed by atoms with Crippen LogP contribution in [0.3, 0.4) is 0 Å². The Morgan fingerprint density at radius 1 is 1.13 bits per heavy atom. The molecule has 1 heterocycles. The van der Waals surface area contributed by atoms with Crippen LogP contribution in [0.15, 0.2) is 58.8 Å². The van der Waals surface area contributed by atoms with Crippen LogP contribution in [-0.2, 0) is 23.1 Å². The van der Waals surface area contributed by atoms with Crippen LogP contribution in [0.2, 0.25) is 0 Å². The molecular weight excluding hydrogens is 528 g/mol. The van der Waals surface area contributed by atoms with E-state index in [9.17, 15) is 23.4 Å². The molecule has 0 bridgehead atoms. The number of hydrogen-bond donors (Lipinski definition) is 4. The summed E-state index contributed by atoms with van der Waals surface area (Å²) in [4.78, 5) is 15.9. The molecule has 0 saturated heterocycles. The number of aryl methyl sites for hydroxylation is 1. The SMILES string of the molecule is Cc1nc(COc2ccc(C[C@H](NC(=O)O)[C@@H](O)CN(CC(C)C)S(=O)(=O)c3ccc(N)cc3)cc2)cs1. The lowest BCUT2D eigenvalue weighted by Gasteiger charge is -2.30. The number of nitrogens with two attached hydrogens (primary N) is 1. The highest BCUT2D eigenvalue weighted by Gasteiger charge is 2.31. The molecule has 1 aromatic heterocycles. The van der Waals surface area contributed by atoms with Crippen molar-refractivity contribution in [3.05, 3.63) is 70.2 Å². The molecule has 3 aromatic rings. The number of aromatic nitrogens is 1. The van der Waals surface area contributed by atoms with Gasteiger partial charge in [-0.2, -0.15) is 4.31 Å². The fraction of sp³-hybridized carbons (Fsp3) is 0.385. The first-order valence-electron chi connectivity index (χ1n) is 12.1. The number of ether oxygens (including phenoxy) is 1. The average molecular weight is 563 g/mol. The van der Waals surface area contributed by atoms with Gasteiger partial charge in [0.15, 0.2) is 0 Å². The second-order valence-electron chi connectivity index (χ2n) is 9.40. The quantitative estimate of drug-likeness (QED) is 0.231. The Labute approximate surface area is 227 Å². The summed E-state index contributed by atoms with van der Waals surface area (Å²) in [5.41, 5.74) is 7.71. The number of nitrogen functional groups attached to an aromatic ring is 1. The zero-order chi connectivity index (χ0) is 27.9. The van der Waals surface area contributed by atoms with Crippen LogP contribution in [-0.4, -0.2) is 59.2 Å². The van der Waals surface area contributed by atoms with Gasteiger partial charge in [-0.25, -0.2) is 18.2 Å². The summed E-state index contributed by atoms with van der Waals surface area (Å²) in [6.45, 7) is 5.85. The van der Waals surface area contributed by atoms with E-state index >= 15 is 0 Å². The number of amides is 1. The van der Waals surface area contributed by atoms with Crippen molar-refractivity contribution in [2.75, 3.05) is 18.8 Å². The van der Waals surface area contributed by atoms with Gasteiger partial charge in [-0.05, 0) is 61.2 Å². The Hall–Kier alpha value is -3.19. The van der Waals surface area contributed by atoms with Crippen LogP contribution < -0.4 is 15.8 Å². The van der Waals surface area contributed by atoms with E-state index in [0.717, 1.165) is 16.3 Å². The van der Waals surface area contributed by atoms with Gasteiger partial charge in [-0.1, -0.05) is 26.0 Å². The molecule has 5 N–H and O–H groups in total. The van der Waals surface area contributed by atoms with Gasteiger partial charge in [0.2, 0.25) is 10.0 Å². The Kier molecular flexibility index (Phi) is 10.1. The Balaban J connectivity index is 1.72. The van der Waals surface area contributed by atoms with E-state index in [-0.39, 0.29) is 30.3 Å². The van der Waals surface area contributed by atoms with Gasteiger partial charge in [0, 0.05) is 24.2 Å². The van der Waals surface area contributed by atoms with E-state index in [2.05, 4.69) is 10.3 Å². The van der Waals surface area contributed by atoms with Gasteiger partial charge < -0.3 is 26.0 Å². The number of aliphatic hydroxyl groups is 1. The maximum absolute atomic E-state index is 13.3. The van der Waals surface area contributed by atoms with Crippen molar-refractivity contribution in [3.8, 4) is 5.75 Å². The fourth-order valence-electron chi connectivity index (χ4n) is 3.85. The van der Waals surface area contributed by atoms with Crippen LogP contribution in [0.4, 0.5) is 10.5 Å².